The lowest BCUT2D eigenvalue weighted by Gasteiger charge is -2.12. The molecule has 1 aromatic carbocycles. The second-order valence-corrected chi connectivity index (χ2v) is 5.00. The standard InChI is InChI=1S/C14H16N2O2S/c1-18-11-6-3-2-5-10(11)9-16-14(17)13(15)12-7-4-8-19-12/h2-8,13H,9,15H2,1H3,(H,16,17). The van der Waals surface area contributed by atoms with Crippen molar-refractivity contribution in [2.75, 3.05) is 7.11 Å². The molecule has 0 saturated heterocycles. The normalized spacial score (nSPS) is 11.9. The fourth-order valence-electron chi connectivity index (χ4n) is 1.74. The van der Waals surface area contributed by atoms with E-state index in [2.05, 4.69) is 5.32 Å². The lowest BCUT2D eigenvalue weighted by Crippen LogP contribution is -2.33. The van der Waals surface area contributed by atoms with E-state index in [0.29, 0.717) is 6.54 Å². The molecule has 2 rings (SSSR count). The minimum absolute atomic E-state index is 0.187. The summed E-state index contributed by atoms with van der Waals surface area (Å²) in [6.45, 7) is 0.405. The van der Waals surface area contributed by atoms with E-state index in [4.69, 9.17) is 10.5 Å². The molecule has 1 atom stereocenters. The number of rotatable bonds is 5. The van der Waals surface area contributed by atoms with Crippen LogP contribution in [0.5, 0.6) is 5.75 Å². The van der Waals surface area contributed by atoms with Crippen molar-refractivity contribution in [2.45, 2.75) is 12.6 Å². The molecule has 100 valence electrons. The van der Waals surface area contributed by atoms with Crippen molar-refractivity contribution in [3.8, 4) is 5.75 Å². The molecule has 0 fully saturated rings. The first-order valence-corrected chi connectivity index (χ1v) is 6.79. The summed E-state index contributed by atoms with van der Waals surface area (Å²) >= 11 is 1.48. The smallest absolute Gasteiger partial charge is 0.242 e. The van der Waals surface area contributed by atoms with E-state index >= 15 is 0 Å². The molecule has 0 aliphatic heterocycles. The highest BCUT2D eigenvalue weighted by molar-refractivity contribution is 7.10. The maximum Gasteiger partial charge on any atom is 0.242 e. The zero-order chi connectivity index (χ0) is 13.7. The molecule has 19 heavy (non-hydrogen) atoms. The number of ether oxygens (including phenoxy) is 1. The van der Waals surface area contributed by atoms with Crippen LogP contribution >= 0.6 is 11.3 Å². The minimum atomic E-state index is -0.616. The van der Waals surface area contributed by atoms with Gasteiger partial charge in [-0.1, -0.05) is 24.3 Å². The van der Waals surface area contributed by atoms with Crippen LogP contribution in [0, 0.1) is 0 Å². The lowest BCUT2D eigenvalue weighted by molar-refractivity contribution is -0.122. The monoisotopic (exact) mass is 276 g/mol. The van der Waals surface area contributed by atoms with Crippen LogP contribution in [0.15, 0.2) is 41.8 Å². The van der Waals surface area contributed by atoms with Crippen LogP contribution in [0.4, 0.5) is 0 Å². The Bertz CT molecular complexity index is 540. The van der Waals surface area contributed by atoms with Gasteiger partial charge in [-0.15, -0.1) is 11.3 Å². The van der Waals surface area contributed by atoms with E-state index in [9.17, 15) is 4.79 Å². The Labute approximate surface area is 116 Å². The quantitative estimate of drug-likeness (QED) is 0.878. The Morgan fingerprint density at radius 1 is 1.37 bits per heavy atom. The van der Waals surface area contributed by atoms with Crippen molar-refractivity contribution in [1.82, 2.24) is 5.32 Å². The molecular weight excluding hydrogens is 260 g/mol. The molecule has 0 saturated carbocycles. The number of amides is 1. The predicted octanol–water partition coefficient (Wildman–Crippen LogP) is 2.07. The zero-order valence-electron chi connectivity index (χ0n) is 10.6. The first-order chi connectivity index (χ1) is 9.22. The molecule has 0 bridgehead atoms. The molecule has 1 amide bonds. The zero-order valence-corrected chi connectivity index (χ0v) is 11.4. The van der Waals surface area contributed by atoms with Gasteiger partial charge in [0.05, 0.1) is 7.11 Å². The summed E-state index contributed by atoms with van der Waals surface area (Å²) in [7, 11) is 1.61. The van der Waals surface area contributed by atoms with Crippen molar-refractivity contribution in [2.24, 2.45) is 5.73 Å². The fraction of sp³-hybridized carbons (Fsp3) is 0.214. The average Bonchev–Trinajstić information content (AvgIpc) is 2.98. The maximum absolute atomic E-state index is 11.9. The van der Waals surface area contributed by atoms with Gasteiger partial charge in [0.1, 0.15) is 11.8 Å². The van der Waals surface area contributed by atoms with Crippen LogP contribution in [0.25, 0.3) is 0 Å². The second kappa shape index (κ2) is 6.36. The molecule has 2 aromatic rings. The molecule has 1 aromatic heterocycles. The molecule has 0 aliphatic rings. The predicted molar refractivity (Wildman–Crippen MR) is 76.1 cm³/mol. The van der Waals surface area contributed by atoms with E-state index < -0.39 is 6.04 Å². The third-order valence-corrected chi connectivity index (χ3v) is 3.73. The number of carbonyl (C=O) groups excluding carboxylic acids is 1. The summed E-state index contributed by atoms with van der Waals surface area (Å²) in [6, 6.07) is 10.7. The molecule has 0 aliphatic carbocycles. The molecule has 4 nitrogen and oxygen atoms in total. The topological polar surface area (TPSA) is 64.3 Å². The first kappa shape index (κ1) is 13.6. The molecule has 5 heteroatoms. The third-order valence-electron chi connectivity index (χ3n) is 2.78. The number of nitrogens with one attached hydrogen (secondary N) is 1. The Kier molecular flexibility index (Phi) is 4.54. The van der Waals surface area contributed by atoms with Gasteiger partial charge in [-0.2, -0.15) is 0 Å². The van der Waals surface area contributed by atoms with Gasteiger partial charge in [-0.3, -0.25) is 4.79 Å². The second-order valence-electron chi connectivity index (χ2n) is 4.02. The molecular formula is C14H16N2O2S. The number of hydrogen-bond donors (Lipinski definition) is 2. The van der Waals surface area contributed by atoms with E-state index in [-0.39, 0.29) is 5.91 Å². The Balaban J connectivity index is 1.97. The molecule has 3 N–H and O–H groups in total. The number of methoxy groups -OCH3 is 1. The van der Waals surface area contributed by atoms with Gasteiger partial charge in [0.2, 0.25) is 5.91 Å². The molecule has 1 unspecified atom stereocenters. The van der Waals surface area contributed by atoms with E-state index in [1.807, 2.05) is 41.8 Å². The summed E-state index contributed by atoms with van der Waals surface area (Å²) in [6.07, 6.45) is 0. The summed E-state index contributed by atoms with van der Waals surface area (Å²) < 4.78 is 5.23. The van der Waals surface area contributed by atoms with Crippen LogP contribution in [0.1, 0.15) is 16.5 Å². The third kappa shape index (κ3) is 3.33. The van der Waals surface area contributed by atoms with Crippen molar-refractivity contribution >= 4 is 17.2 Å². The van der Waals surface area contributed by atoms with Crippen LogP contribution in [-0.2, 0) is 11.3 Å². The first-order valence-electron chi connectivity index (χ1n) is 5.91. The van der Waals surface area contributed by atoms with Gasteiger partial charge in [0.25, 0.3) is 0 Å². The number of nitrogens with two attached hydrogens (primary N) is 1. The van der Waals surface area contributed by atoms with Gasteiger partial charge < -0.3 is 15.8 Å². The Hall–Kier alpha value is -1.85. The van der Waals surface area contributed by atoms with Crippen LogP contribution in [0.3, 0.4) is 0 Å². The minimum Gasteiger partial charge on any atom is -0.496 e. The van der Waals surface area contributed by atoms with Crippen molar-refractivity contribution < 1.29 is 9.53 Å². The van der Waals surface area contributed by atoms with Crippen LogP contribution in [0.2, 0.25) is 0 Å². The van der Waals surface area contributed by atoms with E-state index in [1.54, 1.807) is 7.11 Å². The number of para-hydroxylation sites is 1. The van der Waals surface area contributed by atoms with Crippen LogP contribution in [-0.4, -0.2) is 13.0 Å². The molecule has 0 spiro atoms. The summed E-state index contributed by atoms with van der Waals surface area (Å²) in [5.74, 6) is 0.570. The summed E-state index contributed by atoms with van der Waals surface area (Å²) in [5, 5.41) is 4.73. The lowest BCUT2D eigenvalue weighted by atomic mass is 10.2. The maximum atomic E-state index is 11.9. The Morgan fingerprint density at radius 2 is 2.16 bits per heavy atom. The average molecular weight is 276 g/mol. The van der Waals surface area contributed by atoms with Gasteiger partial charge in [-0.25, -0.2) is 0 Å². The fourth-order valence-corrected chi connectivity index (χ4v) is 2.46. The highest BCUT2D eigenvalue weighted by atomic mass is 32.1. The number of benzene rings is 1. The van der Waals surface area contributed by atoms with E-state index in [1.165, 1.54) is 11.3 Å². The van der Waals surface area contributed by atoms with Gasteiger partial charge in [-0.05, 0) is 17.5 Å². The number of hydrogen-bond acceptors (Lipinski definition) is 4. The van der Waals surface area contributed by atoms with Gasteiger partial charge in [0, 0.05) is 17.0 Å². The van der Waals surface area contributed by atoms with Crippen molar-refractivity contribution in [3.63, 3.8) is 0 Å². The van der Waals surface area contributed by atoms with Crippen molar-refractivity contribution in [3.05, 3.63) is 52.2 Å². The summed E-state index contributed by atoms with van der Waals surface area (Å²) in [4.78, 5) is 12.8. The summed E-state index contributed by atoms with van der Waals surface area (Å²) in [5.41, 5.74) is 6.81. The molecule has 0 radical (unpaired) electrons. The number of thiophene rings is 1. The highest BCUT2D eigenvalue weighted by Gasteiger charge is 2.16. The molecule has 1 heterocycles. The van der Waals surface area contributed by atoms with Crippen molar-refractivity contribution in [1.29, 1.82) is 0 Å². The van der Waals surface area contributed by atoms with E-state index in [0.717, 1.165) is 16.2 Å². The number of carbonyl (C=O) groups is 1. The van der Waals surface area contributed by atoms with Gasteiger partial charge in [0.15, 0.2) is 0 Å². The Morgan fingerprint density at radius 3 is 2.84 bits per heavy atom. The highest BCUT2D eigenvalue weighted by Crippen LogP contribution is 2.19. The van der Waals surface area contributed by atoms with Crippen LogP contribution < -0.4 is 15.8 Å². The SMILES string of the molecule is COc1ccccc1CNC(=O)C(N)c1cccs1. The van der Waals surface area contributed by atoms with Gasteiger partial charge >= 0.3 is 0 Å². The largest absolute Gasteiger partial charge is 0.496 e.